The second-order valence-corrected chi connectivity index (χ2v) is 3.11. The highest BCUT2D eigenvalue weighted by Crippen LogP contribution is 2.28. The van der Waals surface area contributed by atoms with Crippen LogP contribution < -0.4 is 0 Å². The lowest BCUT2D eigenvalue weighted by Crippen LogP contribution is -2.12. The molecule has 0 amide bonds. The van der Waals surface area contributed by atoms with Gasteiger partial charge >= 0.3 is 5.97 Å². The maximum Gasteiger partial charge on any atom is 0.311 e. The van der Waals surface area contributed by atoms with E-state index in [4.69, 9.17) is 5.11 Å². The molecule has 80 valence electrons. The van der Waals surface area contributed by atoms with Crippen LogP contribution in [0.3, 0.4) is 0 Å². The molecule has 0 radical (unpaired) electrons. The van der Waals surface area contributed by atoms with Gasteiger partial charge in [0.2, 0.25) is 0 Å². The Morgan fingerprint density at radius 3 is 2.60 bits per heavy atom. The highest BCUT2D eigenvalue weighted by Gasteiger charge is 2.25. The van der Waals surface area contributed by atoms with Crippen molar-refractivity contribution in [3.05, 3.63) is 39.9 Å². The van der Waals surface area contributed by atoms with E-state index in [1.54, 1.807) is 13.0 Å². The first-order valence-electron chi connectivity index (χ1n) is 4.54. The summed E-state index contributed by atoms with van der Waals surface area (Å²) in [4.78, 5) is 21.0. The Morgan fingerprint density at radius 2 is 2.13 bits per heavy atom. The SMILES string of the molecule is CCC(C(=O)O)c1ccccc1[N+](=O)[O-]. The molecule has 1 N–H and O–H groups in total. The highest BCUT2D eigenvalue weighted by molar-refractivity contribution is 5.77. The fourth-order valence-corrected chi connectivity index (χ4v) is 1.48. The third-order valence-electron chi connectivity index (χ3n) is 2.22. The summed E-state index contributed by atoms with van der Waals surface area (Å²) >= 11 is 0. The average molecular weight is 209 g/mol. The summed E-state index contributed by atoms with van der Waals surface area (Å²) in [5.41, 5.74) is 0.129. The summed E-state index contributed by atoms with van der Waals surface area (Å²) < 4.78 is 0. The molecule has 0 heterocycles. The van der Waals surface area contributed by atoms with E-state index < -0.39 is 16.8 Å². The van der Waals surface area contributed by atoms with Crippen LogP contribution in [0.2, 0.25) is 0 Å². The second kappa shape index (κ2) is 4.54. The van der Waals surface area contributed by atoms with Crippen LogP contribution in [0.15, 0.2) is 24.3 Å². The number of carboxylic acid groups (broad SMARTS) is 1. The predicted molar refractivity (Wildman–Crippen MR) is 53.8 cm³/mol. The van der Waals surface area contributed by atoms with Crippen molar-refractivity contribution in [3.8, 4) is 0 Å². The Balaban J connectivity index is 3.22. The minimum atomic E-state index is -1.04. The maximum absolute atomic E-state index is 10.9. The van der Waals surface area contributed by atoms with E-state index >= 15 is 0 Å². The van der Waals surface area contributed by atoms with E-state index in [-0.39, 0.29) is 11.3 Å². The fraction of sp³-hybridized carbons (Fsp3) is 0.300. The van der Waals surface area contributed by atoms with Gasteiger partial charge in [-0.15, -0.1) is 0 Å². The Kier molecular flexibility index (Phi) is 3.38. The molecule has 5 heteroatoms. The molecular weight excluding hydrogens is 198 g/mol. The number of hydrogen-bond donors (Lipinski definition) is 1. The summed E-state index contributed by atoms with van der Waals surface area (Å²) in [6, 6.07) is 5.94. The molecule has 0 aliphatic rings. The molecule has 1 aromatic rings. The van der Waals surface area contributed by atoms with Gasteiger partial charge in [0.1, 0.15) is 0 Å². The second-order valence-electron chi connectivity index (χ2n) is 3.11. The van der Waals surface area contributed by atoms with Crippen molar-refractivity contribution in [2.24, 2.45) is 0 Å². The minimum Gasteiger partial charge on any atom is -0.481 e. The monoisotopic (exact) mass is 209 g/mol. The molecule has 1 unspecified atom stereocenters. The van der Waals surface area contributed by atoms with E-state index in [1.165, 1.54) is 18.2 Å². The van der Waals surface area contributed by atoms with Gasteiger partial charge < -0.3 is 5.11 Å². The molecule has 5 nitrogen and oxygen atoms in total. The van der Waals surface area contributed by atoms with Crippen LogP contribution >= 0.6 is 0 Å². The maximum atomic E-state index is 10.9. The Morgan fingerprint density at radius 1 is 1.53 bits per heavy atom. The molecule has 0 aliphatic carbocycles. The van der Waals surface area contributed by atoms with Crippen molar-refractivity contribution >= 4 is 11.7 Å². The molecule has 1 aromatic carbocycles. The van der Waals surface area contributed by atoms with Gasteiger partial charge in [-0.1, -0.05) is 25.1 Å². The summed E-state index contributed by atoms with van der Waals surface area (Å²) in [5.74, 6) is -1.85. The first-order valence-corrected chi connectivity index (χ1v) is 4.54. The number of aliphatic carboxylic acids is 1. The van der Waals surface area contributed by atoms with E-state index in [0.717, 1.165) is 0 Å². The largest absolute Gasteiger partial charge is 0.481 e. The topological polar surface area (TPSA) is 80.4 Å². The summed E-state index contributed by atoms with van der Waals surface area (Å²) in [7, 11) is 0. The zero-order valence-corrected chi connectivity index (χ0v) is 8.21. The molecule has 0 saturated heterocycles. The van der Waals surface area contributed by atoms with E-state index in [2.05, 4.69) is 0 Å². The normalized spacial score (nSPS) is 12.1. The standard InChI is InChI=1S/C10H11NO4/c1-2-7(10(12)13)8-5-3-4-6-9(8)11(14)15/h3-7H,2H2,1H3,(H,12,13). The van der Waals surface area contributed by atoms with E-state index in [0.29, 0.717) is 6.42 Å². The number of para-hydroxylation sites is 1. The highest BCUT2D eigenvalue weighted by atomic mass is 16.6. The number of benzene rings is 1. The van der Waals surface area contributed by atoms with E-state index in [9.17, 15) is 14.9 Å². The van der Waals surface area contributed by atoms with Crippen LogP contribution in [0, 0.1) is 10.1 Å². The lowest BCUT2D eigenvalue weighted by atomic mass is 9.95. The van der Waals surface area contributed by atoms with Crippen LogP contribution in [-0.4, -0.2) is 16.0 Å². The molecule has 0 fully saturated rings. The number of carbonyl (C=O) groups is 1. The minimum absolute atomic E-state index is 0.133. The van der Waals surface area contributed by atoms with Gasteiger partial charge in [-0.3, -0.25) is 14.9 Å². The number of carboxylic acids is 1. The molecule has 0 spiro atoms. The molecule has 1 atom stereocenters. The smallest absolute Gasteiger partial charge is 0.311 e. The van der Waals surface area contributed by atoms with Crippen molar-refractivity contribution in [2.75, 3.05) is 0 Å². The molecule has 15 heavy (non-hydrogen) atoms. The van der Waals surface area contributed by atoms with Gasteiger partial charge in [0.25, 0.3) is 5.69 Å². The molecule has 0 saturated carbocycles. The Hall–Kier alpha value is -1.91. The predicted octanol–water partition coefficient (Wildman–Crippen LogP) is 2.17. The van der Waals surface area contributed by atoms with Crippen LogP contribution in [0.4, 0.5) is 5.69 Å². The Labute approximate surface area is 86.5 Å². The third-order valence-corrected chi connectivity index (χ3v) is 2.22. The van der Waals surface area contributed by atoms with Crippen LogP contribution in [-0.2, 0) is 4.79 Å². The van der Waals surface area contributed by atoms with E-state index in [1.807, 2.05) is 0 Å². The quantitative estimate of drug-likeness (QED) is 0.608. The number of rotatable bonds is 4. The van der Waals surface area contributed by atoms with Gasteiger partial charge in [-0.25, -0.2) is 0 Å². The average Bonchev–Trinajstić information content (AvgIpc) is 2.18. The zero-order chi connectivity index (χ0) is 11.4. The van der Waals surface area contributed by atoms with Gasteiger partial charge in [0.15, 0.2) is 0 Å². The number of hydrogen-bond acceptors (Lipinski definition) is 3. The molecule has 0 aromatic heterocycles. The van der Waals surface area contributed by atoms with Crippen molar-refractivity contribution in [1.29, 1.82) is 0 Å². The van der Waals surface area contributed by atoms with Crippen molar-refractivity contribution in [1.82, 2.24) is 0 Å². The lowest BCUT2D eigenvalue weighted by molar-refractivity contribution is -0.385. The first-order chi connectivity index (χ1) is 7.07. The first kappa shape index (κ1) is 11.2. The Bertz CT molecular complexity index is 389. The van der Waals surface area contributed by atoms with Gasteiger partial charge in [-0.2, -0.15) is 0 Å². The lowest BCUT2D eigenvalue weighted by Gasteiger charge is -2.09. The number of nitro benzene ring substituents is 1. The molecule has 1 rings (SSSR count). The molecule has 0 aliphatic heterocycles. The van der Waals surface area contributed by atoms with Crippen molar-refractivity contribution in [3.63, 3.8) is 0 Å². The zero-order valence-electron chi connectivity index (χ0n) is 8.21. The summed E-state index contributed by atoms with van der Waals surface area (Å²) in [6.07, 6.45) is 0.334. The van der Waals surface area contributed by atoms with Crippen LogP contribution in [0.25, 0.3) is 0 Å². The van der Waals surface area contributed by atoms with Gasteiger partial charge in [0.05, 0.1) is 10.8 Å². The van der Waals surface area contributed by atoms with Gasteiger partial charge in [0, 0.05) is 11.6 Å². The molecule has 0 bridgehead atoms. The summed E-state index contributed by atoms with van der Waals surface area (Å²) in [5, 5.41) is 19.6. The van der Waals surface area contributed by atoms with Crippen LogP contribution in [0.5, 0.6) is 0 Å². The van der Waals surface area contributed by atoms with Gasteiger partial charge in [-0.05, 0) is 6.42 Å². The fourth-order valence-electron chi connectivity index (χ4n) is 1.48. The van der Waals surface area contributed by atoms with Crippen molar-refractivity contribution in [2.45, 2.75) is 19.3 Å². The van der Waals surface area contributed by atoms with Crippen molar-refractivity contribution < 1.29 is 14.8 Å². The number of nitrogens with zero attached hydrogens (tertiary/aromatic N) is 1. The third kappa shape index (κ3) is 2.31. The molecular formula is C10H11NO4. The number of nitro groups is 1. The summed E-state index contributed by atoms with van der Waals surface area (Å²) in [6.45, 7) is 1.69. The van der Waals surface area contributed by atoms with Crippen LogP contribution in [0.1, 0.15) is 24.8 Å².